The lowest BCUT2D eigenvalue weighted by atomic mass is 9.89. The summed E-state index contributed by atoms with van der Waals surface area (Å²) in [6.07, 6.45) is 8.44. The van der Waals surface area contributed by atoms with E-state index in [1.165, 1.54) is 44.2 Å². The van der Waals surface area contributed by atoms with Gasteiger partial charge >= 0.3 is 0 Å². The Labute approximate surface area is 202 Å². The molecule has 0 unspecified atom stereocenters. The fourth-order valence-electron chi connectivity index (χ4n) is 4.90. The molecule has 1 aromatic heterocycles. The molecular formula is C25H35N3O3S2. The Hall–Kier alpha value is -1.74. The Morgan fingerprint density at radius 3 is 2.48 bits per heavy atom. The molecule has 1 aliphatic carbocycles. The van der Waals surface area contributed by atoms with E-state index in [1.807, 2.05) is 22.4 Å². The van der Waals surface area contributed by atoms with Gasteiger partial charge in [0.25, 0.3) is 5.91 Å². The first kappa shape index (κ1) is 24.4. The van der Waals surface area contributed by atoms with Crippen LogP contribution in [0, 0.1) is 5.92 Å². The molecular weight excluding hydrogens is 454 g/mol. The van der Waals surface area contributed by atoms with Crippen LogP contribution in [0.4, 0.5) is 0 Å². The van der Waals surface area contributed by atoms with E-state index in [1.54, 1.807) is 23.5 Å². The van der Waals surface area contributed by atoms with E-state index in [0.29, 0.717) is 18.5 Å². The van der Waals surface area contributed by atoms with Crippen LogP contribution in [0.3, 0.4) is 0 Å². The minimum absolute atomic E-state index is 0.0101. The van der Waals surface area contributed by atoms with Crippen molar-refractivity contribution in [3.8, 4) is 0 Å². The summed E-state index contributed by atoms with van der Waals surface area (Å²) in [6.45, 7) is 4.97. The average Bonchev–Trinajstić information content (AvgIpc) is 3.24. The first-order valence-electron chi connectivity index (χ1n) is 12.1. The summed E-state index contributed by atoms with van der Waals surface area (Å²) in [4.78, 5) is 18.8. The first-order valence-corrected chi connectivity index (χ1v) is 14.5. The van der Waals surface area contributed by atoms with E-state index in [-0.39, 0.29) is 10.8 Å². The lowest BCUT2D eigenvalue weighted by Gasteiger charge is -2.28. The van der Waals surface area contributed by atoms with Crippen LogP contribution in [-0.2, 0) is 16.4 Å². The maximum absolute atomic E-state index is 13.1. The van der Waals surface area contributed by atoms with Crippen molar-refractivity contribution >= 4 is 27.3 Å². The standard InChI is InChI=1S/C25H35N3O3S2/c29-25(28-16-5-15-27(17-18-28)20-21-6-2-1-3-7-21)22-9-11-24(12-10-22)33(30,31)26-14-13-23-8-4-19-32-23/h4,8-12,19,21,26H,1-3,5-7,13-18,20H2. The zero-order chi connectivity index (χ0) is 23.1. The highest BCUT2D eigenvalue weighted by molar-refractivity contribution is 7.89. The quantitative estimate of drug-likeness (QED) is 0.609. The lowest BCUT2D eigenvalue weighted by Crippen LogP contribution is -2.37. The van der Waals surface area contributed by atoms with Crippen molar-refractivity contribution in [2.24, 2.45) is 5.92 Å². The number of rotatable bonds is 8. The Kier molecular flexibility index (Phi) is 8.57. The normalized spacial score (nSPS) is 18.8. The minimum Gasteiger partial charge on any atom is -0.337 e. The van der Waals surface area contributed by atoms with E-state index in [2.05, 4.69) is 9.62 Å². The number of sulfonamides is 1. The van der Waals surface area contributed by atoms with Crippen LogP contribution >= 0.6 is 11.3 Å². The summed E-state index contributed by atoms with van der Waals surface area (Å²) < 4.78 is 27.8. The van der Waals surface area contributed by atoms with Gasteiger partial charge in [0.2, 0.25) is 10.0 Å². The molecule has 2 aromatic rings. The molecule has 1 saturated heterocycles. The zero-order valence-electron chi connectivity index (χ0n) is 19.2. The van der Waals surface area contributed by atoms with E-state index in [0.717, 1.165) is 49.9 Å². The van der Waals surface area contributed by atoms with Crippen LogP contribution in [0.25, 0.3) is 0 Å². The topological polar surface area (TPSA) is 69.7 Å². The van der Waals surface area contributed by atoms with Gasteiger partial charge in [-0.2, -0.15) is 0 Å². The number of amides is 1. The van der Waals surface area contributed by atoms with Crippen molar-refractivity contribution in [3.63, 3.8) is 0 Å². The third-order valence-corrected chi connectivity index (χ3v) is 9.19. The van der Waals surface area contributed by atoms with Crippen LogP contribution in [0.1, 0.15) is 53.8 Å². The Morgan fingerprint density at radius 2 is 1.76 bits per heavy atom. The molecule has 0 spiro atoms. The van der Waals surface area contributed by atoms with Gasteiger partial charge in [-0.25, -0.2) is 13.1 Å². The van der Waals surface area contributed by atoms with Crippen molar-refractivity contribution in [2.45, 2.75) is 49.8 Å². The van der Waals surface area contributed by atoms with Gasteiger partial charge in [-0.3, -0.25) is 4.79 Å². The van der Waals surface area contributed by atoms with Gasteiger partial charge in [0, 0.05) is 43.2 Å². The van der Waals surface area contributed by atoms with Gasteiger partial charge in [-0.15, -0.1) is 11.3 Å². The molecule has 1 saturated carbocycles. The third kappa shape index (κ3) is 6.88. The molecule has 8 heteroatoms. The molecule has 1 aliphatic heterocycles. The number of nitrogens with one attached hydrogen (secondary N) is 1. The van der Waals surface area contributed by atoms with Crippen molar-refractivity contribution < 1.29 is 13.2 Å². The van der Waals surface area contributed by atoms with Crippen LogP contribution in [0.5, 0.6) is 0 Å². The summed E-state index contributed by atoms with van der Waals surface area (Å²) in [5, 5.41) is 1.98. The highest BCUT2D eigenvalue weighted by Crippen LogP contribution is 2.25. The van der Waals surface area contributed by atoms with Gasteiger partial charge < -0.3 is 9.80 Å². The second-order valence-electron chi connectivity index (χ2n) is 9.20. The number of hydrogen-bond acceptors (Lipinski definition) is 5. The lowest BCUT2D eigenvalue weighted by molar-refractivity contribution is 0.0760. The molecule has 2 heterocycles. The Balaban J connectivity index is 1.29. The van der Waals surface area contributed by atoms with E-state index in [9.17, 15) is 13.2 Å². The number of carbonyl (C=O) groups is 1. The van der Waals surface area contributed by atoms with E-state index >= 15 is 0 Å². The highest BCUT2D eigenvalue weighted by atomic mass is 32.2. The number of benzene rings is 1. The molecule has 0 radical (unpaired) electrons. The number of hydrogen-bond donors (Lipinski definition) is 1. The molecule has 0 bridgehead atoms. The van der Waals surface area contributed by atoms with Gasteiger partial charge in [0.15, 0.2) is 0 Å². The molecule has 33 heavy (non-hydrogen) atoms. The molecule has 2 aliphatic rings. The number of nitrogens with zero attached hydrogens (tertiary/aromatic N) is 2. The average molecular weight is 490 g/mol. The van der Waals surface area contributed by atoms with Crippen molar-refractivity contribution in [1.29, 1.82) is 0 Å². The summed E-state index contributed by atoms with van der Waals surface area (Å²) >= 11 is 1.62. The molecule has 6 nitrogen and oxygen atoms in total. The molecule has 1 aromatic carbocycles. The fraction of sp³-hybridized carbons (Fsp3) is 0.560. The van der Waals surface area contributed by atoms with Gasteiger partial charge in [0.1, 0.15) is 0 Å². The van der Waals surface area contributed by atoms with Crippen molar-refractivity contribution in [2.75, 3.05) is 39.3 Å². The predicted octanol–water partition coefficient (Wildman–Crippen LogP) is 4.00. The predicted molar refractivity (Wildman–Crippen MR) is 133 cm³/mol. The molecule has 2 fully saturated rings. The molecule has 0 atom stereocenters. The molecule has 1 amide bonds. The van der Waals surface area contributed by atoms with Gasteiger partial charge in [-0.1, -0.05) is 25.3 Å². The van der Waals surface area contributed by atoms with Crippen LogP contribution in [-0.4, -0.2) is 63.4 Å². The van der Waals surface area contributed by atoms with Crippen molar-refractivity contribution in [3.05, 3.63) is 52.2 Å². The Morgan fingerprint density at radius 1 is 0.970 bits per heavy atom. The molecule has 4 rings (SSSR count). The SMILES string of the molecule is O=C(c1ccc(S(=O)(=O)NCCc2cccs2)cc1)N1CCCN(CC2CCCCC2)CC1. The third-order valence-electron chi connectivity index (χ3n) is 6.77. The van der Waals surface area contributed by atoms with Crippen LogP contribution < -0.4 is 4.72 Å². The fourth-order valence-corrected chi connectivity index (χ4v) is 6.64. The zero-order valence-corrected chi connectivity index (χ0v) is 20.9. The summed E-state index contributed by atoms with van der Waals surface area (Å²) in [5.74, 6) is 0.804. The summed E-state index contributed by atoms with van der Waals surface area (Å²) in [6, 6.07) is 10.3. The van der Waals surface area contributed by atoms with Gasteiger partial charge in [-0.05, 0) is 73.9 Å². The van der Waals surface area contributed by atoms with E-state index < -0.39 is 10.0 Å². The molecule has 1 N–H and O–H groups in total. The Bertz CT molecular complexity index is 984. The maximum Gasteiger partial charge on any atom is 0.253 e. The largest absolute Gasteiger partial charge is 0.337 e. The number of carbonyl (C=O) groups excluding carboxylic acids is 1. The maximum atomic E-state index is 13.1. The van der Waals surface area contributed by atoms with E-state index in [4.69, 9.17) is 0 Å². The highest BCUT2D eigenvalue weighted by Gasteiger charge is 2.23. The molecule has 180 valence electrons. The smallest absolute Gasteiger partial charge is 0.253 e. The second kappa shape index (κ2) is 11.6. The number of thiophene rings is 1. The summed E-state index contributed by atoms with van der Waals surface area (Å²) in [5.41, 5.74) is 0.549. The van der Waals surface area contributed by atoms with Crippen LogP contribution in [0.15, 0.2) is 46.7 Å². The minimum atomic E-state index is -3.59. The monoisotopic (exact) mass is 489 g/mol. The first-order chi connectivity index (χ1) is 16.0. The van der Waals surface area contributed by atoms with Crippen LogP contribution in [0.2, 0.25) is 0 Å². The summed E-state index contributed by atoms with van der Waals surface area (Å²) in [7, 11) is -3.59. The van der Waals surface area contributed by atoms with Crippen molar-refractivity contribution in [1.82, 2.24) is 14.5 Å². The second-order valence-corrected chi connectivity index (χ2v) is 12.0. The van der Waals surface area contributed by atoms with Gasteiger partial charge in [0.05, 0.1) is 4.90 Å².